The Hall–Kier alpha value is -3.39. The second-order valence-corrected chi connectivity index (χ2v) is 10.6. The highest BCUT2D eigenvalue weighted by atomic mass is 16.2. The van der Waals surface area contributed by atoms with Gasteiger partial charge in [-0.05, 0) is 29.2 Å². The first-order valence-corrected chi connectivity index (χ1v) is 12.5. The largest absolute Gasteiger partial charge is 0.334 e. The smallest absolute Gasteiger partial charge is 0.320 e. The fourth-order valence-corrected chi connectivity index (χ4v) is 5.10. The Kier molecular flexibility index (Phi) is 6.23. The zero-order chi connectivity index (χ0) is 24.6. The van der Waals surface area contributed by atoms with Gasteiger partial charge in [-0.3, -0.25) is 15.4 Å². The van der Waals surface area contributed by atoms with Crippen molar-refractivity contribution >= 4 is 28.5 Å². The maximum atomic E-state index is 12.9. The molecule has 2 fully saturated rings. The van der Waals surface area contributed by atoms with Gasteiger partial charge in [0.2, 0.25) is 5.91 Å². The van der Waals surface area contributed by atoms with Crippen LogP contribution >= 0.6 is 0 Å². The van der Waals surface area contributed by atoms with E-state index in [9.17, 15) is 9.59 Å². The Morgan fingerprint density at radius 3 is 2.71 bits per heavy atom. The van der Waals surface area contributed by atoms with Gasteiger partial charge in [0.1, 0.15) is 5.82 Å². The molecule has 4 N–H and O–H groups in total. The Morgan fingerprint density at radius 1 is 1.11 bits per heavy atom. The molecule has 8 nitrogen and oxygen atoms in total. The summed E-state index contributed by atoms with van der Waals surface area (Å²) in [6, 6.07) is 15.9. The van der Waals surface area contributed by atoms with Crippen LogP contribution in [0.4, 0.5) is 10.6 Å². The molecule has 1 saturated heterocycles. The van der Waals surface area contributed by atoms with Crippen LogP contribution in [0.15, 0.2) is 48.5 Å². The summed E-state index contributed by atoms with van der Waals surface area (Å²) in [6.07, 6.45) is 3.56. The third kappa shape index (κ3) is 4.89. The molecular weight excluding hydrogens is 440 g/mol. The van der Waals surface area contributed by atoms with E-state index in [-0.39, 0.29) is 29.3 Å². The molecule has 1 aromatic heterocycles. The summed E-state index contributed by atoms with van der Waals surface area (Å²) in [6.45, 7) is 6.63. The first-order chi connectivity index (χ1) is 16.8. The predicted molar refractivity (Wildman–Crippen MR) is 137 cm³/mol. The van der Waals surface area contributed by atoms with Crippen molar-refractivity contribution in [1.82, 2.24) is 25.7 Å². The molecule has 2 aliphatic rings. The molecule has 3 amide bonds. The van der Waals surface area contributed by atoms with Crippen molar-refractivity contribution in [3.05, 3.63) is 59.8 Å². The van der Waals surface area contributed by atoms with Gasteiger partial charge >= 0.3 is 6.03 Å². The minimum absolute atomic E-state index is 0.00180. The molecule has 2 heterocycles. The fraction of sp³-hybridized carbons (Fsp3) is 0.444. The van der Waals surface area contributed by atoms with E-state index < -0.39 is 6.29 Å². The number of nitrogens with zero attached hydrogens (tertiary/aromatic N) is 2. The fourth-order valence-electron chi connectivity index (χ4n) is 5.10. The van der Waals surface area contributed by atoms with Crippen LogP contribution in [0, 0.1) is 5.92 Å². The number of fused-ring (bicyclic) bond motifs is 2. The van der Waals surface area contributed by atoms with Gasteiger partial charge < -0.3 is 10.6 Å². The van der Waals surface area contributed by atoms with E-state index in [0.29, 0.717) is 12.4 Å². The van der Waals surface area contributed by atoms with Crippen LogP contribution < -0.4 is 21.3 Å². The molecule has 0 spiro atoms. The topological polar surface area (TPSA) is 100 Å². The lowest BCUT2D eigenvalue weighted by Gasteiger charge is -2.40. The van der Waals surface area contributed by atoms with Crippen LogP contribution in [-0.2, 0) is 16.8 Å². The lowest BCUT2D eigenvalue weighted by atomic mass is 9.83. The Labute approximate surface area is 205 Å². The molecule has 0 bridgehead atoms. The SMILES string of the molecule is CC(C)(C)c1cc(NC(=O)NCc2cccc3ccccc23)n(C2NC(=O)C3CCCCC3N2)n1. The number of hydrogen-bond acceptors (Lipinski definition) is 4. The molecule has 5 rings (SSSR count). The number of hydrogen-bond donors (Lipinski definition) is 4. The molecule has 35 heavy (non-hydrogen) atoms. The molecule has 0 radical (unpaired) electrons. The summed E-state index contributed by atoms with van der Waals surface area (Å²) in [7, 11) is 0. The van der Waals surface area contributed by atoms with E-state index in [4.69, 9.17) is 5.10 Å². The highest BCUT2D eigenvalue weighted by molar-refractivity contribution is 5.90. The number of rotatable bonds is 4. The average molecular weight is 475 g/mol. The minimum Gasteiger partial charge on any atom is -0.334 e. The number of nitrogens with one attached hydrogen (secondary N) is 4. The van der Waals surface area contributed by atoms with Gasteiger partial charge in [-0.1, -0.05) is 76.1 Å². The number of aromatic nitrogens is 2. The molecule has 1 aliphatic carbocycles. The van der Waals surface area contributed by atoms with Crippen LogP contribution in [0.3, 0.4) is 0 Å². The lowest BCUT2D eigenvalue weighted by molar-refractivity contribution is -0.132. The monoisotopic (exact) mass is 474 g/mol. The number of benzene rings is 2. The lowest BCUT2D eigenvalue weighted by Crippen LogP contribution is -2.59. The number of carbonyl (C=O) groups excluding carboxylic acids is 2. The summed E-state index contributed by atoms with van der Waals surface area (Å²) in [5.41, 5.74) is 1.67. The number of carbonyl (C=O) groups is 2. The number of amides is 3. The van der Waals surface area contributed by atoms with Crippen molar-refractivity contribution < 1.29 is 9.59 Å². The molecule has 1 saturated carbocycles. The van der Waals surface area contributed by atoms with Crippen molar-refractivity contribution in [2.24, 2.45) is 5.92 Å². The second-order valence-electron chi connectivity index (χ2n) is 10.6. The first-order valence-electron chi connectivity index (χ1n) is 12.5. The normalized spacial score (nSPS) is 22.4. The summed E-state index contributed by atoms with van der Waals surface area (Å²) < 4.78 is 1.70. The van der Waals surface area contributed by atoms with Gasteiger partial charge in [0.15, 0.2) is 6.29 Å². The summed E-state index contributed by atoms with van der Waals surface area (Å²) >= 11 is 0. The zero-order valence-electron chi connectivity index (χ0n) is 20.6. The Morgan fingerprint density at radius 2 is 1.89 bits per heavy atom. The average Bonchev–Trinajstić information content (AvgIpc) is 3.27. The van der Waals surface area contributed by atoms with Crippen LogP contribution in [-0.4, -0.2) is 27.8 Å². The van der Waals surface area contributed by atoms with E-state index in [1.165, 1.54) is 0 Å². The van der Waals surface area contributed by atoms with Gasteiger partial charge in [-0.2, -0.15) is 5.10 Å². The molecule has 2 aromatic carbocycles. The van der Waals surface area contributed by atoms with Crippen LogP contribution in [0.2, 0.25) is 0 Å². The molecule has 3 unspecified atom stereocenters. The van der Waals surface area contributed by atoms with Crippen LogP contribution in [0.1, 0.15) is 64.0 Å². The van der Waals surface area contributed by atoms with E-state index in [1.54, 1.807) is 4.68 Å². The van der Waals surface area contributed by atoms with Crippen LogP contribution in [0.5, 0.6) is 0 Å². The molecular formula is C27H34N6O2. The Balaban J connectivity index is 1.34. The first kappa shape index (κ1) is 23.4. The molecule has 3 aromatic rings. The summed E-state index contributed by atoms with van der Waals surface area (Å²) in [4.78, 5) is 25.8. The number of urea groups is 1. The minimum atomic E-state index is -0.508. The predicted octanol–water partition coefficient (Wildman–Crippen LogP) is 4.39. The highest BCUT2D eigenvalue weighted by Crippen LogP contribution is 2.31. The summed E-state index contributed by atoms with van der Waals surface area (Å²) in [5.74, 6) is 0.591. The van der Waals surface area contributed by atoms with Gasteiger partial charge in [-0.15, -0.1) is 0 Å². The van der Waals surface area contributed by atoms with Gasteiger partial charge in [0.05, 0.1) is 11.6 Å². The standard InChI is InChI=1S/C27H34N6O2/c1-27(2,3)22-15-23(33(32-22)25-29-21-14-7-6-13-20(21)24(34)31-25)30-26(35)28-16-18-11-8-10-17-9-4-5-12-19(17)18/h4-5,8-12,15,20-21,25,29H,6-7,13-14,16H2,1-3H3,(H,31,34)(H2,28,30,35). The summed E-state index contributed by atoms with van der Waals surface area (Å²) in [5, 5.41) is 19.6. The van der Waals surface area contributed by atoms with Crippen molar-refractivity contribution in [3.8, 4) is 0 Å². The van der Waals surface area contributed by atoms with E-state index in [1.807, 2.05) is 30.3 Å². The van der Waals surface area contributed by atoms with Crippen molar-refractivity contribution in [3.63, 3.8) is 0 Å². The maximum absolute atomic E-state index is 12.9. The van der Waals surface area contributed by atoms with Crippen molar-refractivity contribution in [2.75, 3.05) is 5.32 Å². The molecule has 1 aliphatic heterocycles. The van der Waals surface area contributed by atoms with Gasteiger partial charge in [0.25, 0.3) is 0 Å². The second kappa shape index (κ2) is 9.34. The molecule has 8 heteroatoms. The van der Waals surface area contributed by atoms with Crippen LogP contribution in [0.25, 0.3) is 10.8 Å². The van der Waals surface area contributed by atoms with E-state index in [2.05, 4.69) is 60.2 Å². The Bertz CT molecular complexity index is 1240. The quantitative estimate of drug-likeness (QED) is 0.451. The molecule has 184 valence electrons. The van der Waals surface area contributed by atoms with Crippen molar-refractivity contribution in [2.45, 2.75) is 70.7 Å². The maximum Gasteiger partial charge on any atom is 0.320 e. The number of anilines is 1. The third-order valence-corrected chi connectivity index (χ3v) is 7.06. The van der Waals surface area contributed by atoms with Gasteiger partial charge in [0, 0.05) is 24.1 Å². The highest BCUT2D eigenvalue weighted by Gasteiger charge is 2.39. The van der Waals surface area contributed by atoms with E-state index >= 15 is 0 Å². The zero-order valence-corrected chi connectivity index (χ0v) is 20.6. The third-order valence-electron chi connectivity index (χ3n) is 7.06. The van der Waals surface area contributed by atoms with Crippen molar-refractivity contribution in [1.29, 1.82) is 0 Å². The van der Waals surface area contributed by atoms with E-state index in [0.717, 1.165) is 47.7 Å². The molecule has 3 atom stereocenters. The van der Waals surface area contributed by atoms with Gasteiger partial charge in [-0.25, -0.2) is 9.48 Å².